The summed E-state index contributed by atoms with van der Waals surface area (Å²) in [7, 11) is 0. The van der Waals surface area contributed by atoms with E-state index in [9.17, 15) is 18.3 Å². The smallest absolute Gasteiger partial charge is 0.385 e. The first-order valence-corrected chi connectivity index (χ1v) is 9.78. The van der Waals surface area contributed by atoms with E-state index in [-0.39, 0.29) is 11.3 Å². The predicted molar refractivity (Wildman–Crippen MR) is 104 cm³/mol. The van der Waals surface area contributed by atoms with Crippen LogP contribution in [0.1, 0.15) is 36.9 Å². The highest BCUT2D eigenvalue weighted by atomic mass is 19.4. The van der Waals surface area contributed by atoms with Crippen molar-refractivity contribution in [3.8, 4) is 0 Å². The van der Waals surface area contributed by atoms with Crippen LogP contribution in [0.5, 0.6) is 0 Å². The molecule has 0 radical (unpaired) electrons. The molecule has 2 aromatic rings. The number of halogens is 3. The highest BCUT2D eigenvalue weighted by Gasteiger charge is 2.58. The van der Waals surface area contributed by atoms with Crippen LogP contribution < -0.4 is 4.90 Å². The average Bonchev–Trinajstić information content (AvgIpc) is 2.64. The van der Waals surface area contributed by atoms with Gasteiger partial charge in [-0.3, -0.25) is 4.98 Å². The van der Waals surface area contributed by atoms with Crippen LogP contribution >= 0.6 is 0 Å². The molecular weight excluding hydrogens is 379 g/mol. The molecule has 7 heteroatoms. The Morgan fingerprint density at radius 3 is 2.52 bits per heavy atom. The van der Waals surface area contributed by atoms with Crippen LogP contribution in [0.25, 0.3) is 0 Å². The van der Waals surface area contributed by atoms with Crippen LogP contribution in [0, 0.1) is 11.3 Å². The van der Waals surface area contributed by atoms with Gasteiger partial charge in [-0.2, -0.15) is 13.2 Å². The fourth-order valence-electron chi connectivity index (χ4n) is 4.79. The lowest BCUT2D eigenvalue weighted by atomic mass is 9.52. The molecule has 1 saturated heterocycles. The lowest BCUT2D eigenvalue weighted by molar-refractivity contribution is -0.141. The summed E-state index contributed by atoms with van der Waals surface area (Å²) in [5, 5.41) is 11.5. The molecule has 2 aliphatic rings. The Hall–Kier alpha value is -2.41. The minimum Gasteiger partial charge on any atom is -0.385 e. The van der Waals surface area contributed by atoms with Crippen molar-refractivity contribution in [2.45, 2.75) is 37.5 Å². The normalized spacial score (nSPS) is 20.6. The highest BCUT2D eigenvalue weighted by Crippen LogP contribution is 2.59. The number of aliphatic hydroxyl groups is 1. The third-order valence-corrected chi connectivity index (χ3v) is 6.38. The standard InChI is InChI=1S/C22H24F3N3O/c1-2-3-8-21(29,16-5-4-9-26-12-16)17-10-20(11-17)14-28(15-20)18-6-7-19(27-13-18)22(23,24)25/h2,4-7,9,12-13,17,29H,1,3,8,10-11,14-15H2. The molecule has 1 unspecified atom stereocenters. The SMILES string of the molecule is C=CCCC(O)(c1cccnc1)C1CC2(C1)CN(c1ccc(C(F)(F)F)nc1)C2. The number of pyridine rings is 2. The molecule has 154 valence electrons. The van der Waals surface area contributed by atoms with Gasteiger partial charge in [0.15, 0.2) is 0 Å². The van der Waals surface area contributed by atoms with E-state index in [1.165, 1.54) is 12.3 Å². The third-order valence-electron chi connectivity index (χ3n) is 6.38. The van der Waals surface area contributed by atoms with Crippen LogP contribution in [-0.4, -0.2) is 28.2 Å². The maximum atomic E-state index is 12.7. The molecule has 29 heavy (non-hydrogen) atoms. The van der Waals surface area contributed by atoms with Crippen molar-refractivity contribution in [2.75, 3.05) is 18.0 Å². The Morgan fingerprint density at radius 1 is 1.21 bits per heavy atom. The molecule has 1 spiro atoms. The van der Waals surface area contributed by atoms with Gasteiger partial charge < -0.3 is 10.0 Å². The monoisotopic (exact) mass is 403 g/mol. The molecule has 0 bridgehead atoms. The van der Waals surface area contributed by atoms with E-state index >= 15 is 0 Å². The van der Waals surface area contributed by atoms with Crippen molar-refractivity contribution in [3.05, 3.63) is 66.8 Å². The summed E-state index contributed by atoms with van der Waals surface area (Å²) >= 11 is 0. The molecule has 4 rings (SSSR count). The summed E-state index contributed by atoms with van der Waals surface area (Å²) in [5.74, 6) is 0.138. The van der Waals surface area contributed by atoms with Gasteiger partial charge in [-0.05, 0) is 49.8 Å². The maximum absolute atomic E-state index is 12.7. The first-order valence-electron chi connectivity index (χ1n) is 9.78. The first kappa shape index (κ1) is 19.9. The van der Waals surface area contributed by atoms with E-state index in [2.05, 4.69) is 21.4 Å². The topological polar surface area (TPSA) is 49.3 Å². The lowest BCUT2D eigenvalue weighted by Gasteiger charge is -2.62. The highest BCUT2D eigenvalue weighted by molar-refractivity contribution is 5.49. The zero-order valence-electron chi connectivity index (χ0n) is 16.1. The largest absolute Gasteiger partial charge is 0.433 e. The minimum atomic E-state index is -4.42. The Balaban J connectivity index is 1.40. The second-order valence-electron chi connectivity index (χ2n) is 8.35. The molecule has 2 aromatic heterocycles. The number of aromatic nitrogens is 2. The second kappa shape index (κ2) is 7.13. The summed E-state index contributed by atoms with van der Waals surface area (Å²) in [5.41, 5.74) is -0.128. The molecule has 1 N–H and O–H groups in total. The second-order valence-corrected chi connectivity index (χ2v) is 8.35. The fraction of sp³-hybridized carbons (Fsp3) is 0.455. The van der Waals surface area contributed by atoms with E-state index < -0.39 is 17.5 Å². The average molecular weight is 403 g/mol. The van der Waals surface area contributed by atoms with Crippen LogP contribution in [0.15, 0.2) is 55.5 Å². The third kappa shape index (κ3) is 3.64. The van der Waals surface area contributed by atoms with Gasteiger partial charge in [0.1, 0.15) is 5.69 Å². The zero-order chi connectivity index (χ0) is 20.7. The molecule has 2 fully saturated rings. The Bertz CT molecular complexity index is 855. The molecule has 0 amide bonds. The Kier molecular flexibility index (Phi) is 4.89. The van der Waals surface area contributed by atoms with Gasteiger partial charge in [0.05, 0.1) is 17.5 Å². The predicted octanol–water partition coefficient (Wildman–Crippen LogP) is 4.57. The van der Waals surface area contributed by atoms with Gasteiger partial charge in [-0.25, -0.2) is 4.98 Å². The molecule has 0 aromatic carbocycles. The van der Waals surface area contributed by atoms with Gasteiger partial charge in [0.2, 0.25) is 0 Å². The van der Waals surface area contributed by atoms with E-state index in [4.69, 9.17) is 0 Å². The summed E-state index contributed by atoms with van der Waals surface area (Å²) in [6, 6.07) is 6.27. The van der Waals surface area contributed by atoms with Gasteiger partial charge in [-0.1, -0.05) is 12.1 Å². The number of allylic oxidation sites excluding steroid dienone is 1. The van der Waals surface area contributed by atoms with E-state index in [1.54, 1.807) is 12.4 Å². The molecule has 1 aliphatic carbocycles. The number of alkyl halides is 3. The molecular formula is C22H24F3N3O. The number of nitrogens with zero attached hydrogens (tertiary/aromatic N) is 3. The number of hydrogen-bond donors (Lipinski definition) is 1. The number of anilines is 1. The summed E-state index contributed by atoms with van der Waals surface area (Å²) in [6.07, 6.45) is 5.23. The first-order chi connectivity index (χ1) is 13.8. The summed E-state index contributed by atoms with van der Waals surface area (Å²) < 4.78 is 38.0. The van der Waals surface area contributed by atoms with E-state index in [0.717, 1.165) is 44.0 Å². The van der Waals surface area contributed by atoms with Crippen molar-refractivity contribution in [1.29, 1.82) is 0 Å². The van der Waals surface area contributed by atoms with Crippen molar-refractivity contribution >= 4 is 5.69 Å². The Labute approximate surface area is 168 Å². The maximum Gasteiger partial charge on any atom is 0.433 e. The number of hydrogen-bond acceptors (Lipinski definition) is 4. The van der Waals surface area contributed by atoms with Crippen molar-refractivity contribution in [2.24, 2.45) is 11.3 Å². The van der Waals surface area contributed by atoms with Gasteiger partial charge in [0, 0.05) is 36.5 Å². The van der Waals surface area contributed by atoms with Crippen molar-refractivity contribution in [1.82, 2.24) is 9.97 Å². The summed E-state index contributed by atoms with van der Waals surface area (Å²) in [6.45, 7) is 5.33. The van der Waals surface area contributed by atoms with Gasteiger partial charge in [0.25, 0.3) is 0 Å². The summed E-state index contributed by atoms with van der Waals surface area (Å²) in [4.78, 5) is 9.77. The minimum absolute atomic E-state index is 0.123. The number of rotatable bonds is 6. The van der Waals surface area contributed by atoms with E-state index in [0.29, 0.717) is 12.1 Å². The Morgan fingerprint density at radius 2 is 1.97 bits per heavy atom. The molecule has 1 atom stereocenters. The zero-order valence-corrected chi connectivity index (χ0v) is 16.1. The van der Waals surface area contributed by atoms with Crippen LogP contribution in [0.4, 0.5) is 18.9 Å². The van der Waals surface area contributed by atoms with E-state index in [1.807, 2.05) is 18.2 Å². The van der Waals surface area contributed by atoms with Crippen LogP contribution in [-0.2, 0) is 11.8 Å². The molecule has 1 saturated carbocycles. The lowest BCUT2D eigenvalue weighted by Crippen LogP contribution is -2.65. The molecule has 3 heterocycles. The van der Waals surface area contributed by atoms with Crippen LogP contribution in [0.3, 0.4) is 0 Å². The van der Waals surface area contributed by atoms with Gasteiger partial charge >= 0.3 is 6.18 Å². The molecule has 4 nitrogen and oxygen atoms in total. The fourth-order valence-corrected chi connectivity index (χ4v) is 4.79. The van der Waals surface area contributed by atoms with Crippen molar-refractivity contribution < 1.29 is 18.3 Å². The van der Waals surface area contributed by atoms with Gasteiger partial charge in [-0.15, -0.1) is 6.58 Å². The van der Waals surface area contributed by atoms with Crippen molar-refractivity contribution in [3.63, 3.8) is 0 Å². The van der Waals surface area contributed by atoms with Crippen LogP contribution in [0.2, 0.25) is 0 Å². The molecule has 1 aliphatic heterocycles. The quantitative estimate of drug-likeness (QED) is 0.718.